The minimum atomic E-state index is -1.60. The van der Waals surface area contributed by atoms with E-state index in [4.69, 9.17) is 5.11 Å². The second kappa shape index (κ2) is 8.11. The van der Waals surface area contributed by atoms with Crippen molar-refractivity contribution < 1.29 is 43.6 Å². The van der Waals surface area contributed by atoms with Gasteiger partial charge in [0.25, 0.3) is 5.91 Å². The lowest BCUT2D eigenvalue weighted by atomic mass is 10.0. The summed E-state index contributed by atoms with van der Waals surface area (Å²) in [6.45, 7) is 0. The molecule has 1 amide bonds. The number of phenols is 2. The Labute approximate surface area is 172 Å². The highest BCUT2D eigenvalue weighted by Crippen LogP contribution is 2.31. The molecule has 31 heavy (non-hydrogen) atoms. The summed E-state index contributed by atoms with van der Waals surface area (Å²) >= 11 is 0. The minimum absolute atomic E-state index is 0.200. The van der Waals surface area contributed by atoms with E-state index in [1.807, 2.05) is 0 Å². The summed E-state index contributed by atoms with van der Waals surface area (Å²) in [5.41, 5.74) is -1.62. The summed E-state index contributed by atoms with van der Waals surface area (Å²) in [5.74, 6) is -7.70. The second-order valence-corrected chi connectivity index (χ2v) is 6.34. The maximum absolute atomic E-state index is 13.5. The molecule has 8 nitrogen and oxygen atoms in total. The van der Waals surface area contributed by atoms with Gasteiger partial charge >= 0.3 is 11.9 Å². The van der Waals surface area contributed by atoms with Crippen LogP contribution < -0.4 is 5.32 Å². The summed E-state index contributed by atoms with van der Waals surface area (Å²) in [7, 11) is 0. The predicted molar refractivity (Wildman–Crippen MR) is 103 cm³/mol. The number of anilines is 1. The van der Waals surface area contributed by atoms with Crippen molar-refractivity contribution in [1.29, 1.82) is 0 Å². The summed E-state index contributed by atoms with van der Waals surface area (Å²) in [4.78, 5) is 35.3. The van der Waals surface area contributed by atoms with Gasteiger partial charge in [-0.05, 0) is 47.5 Å². The van der Waals surface area contributed by atoms with Gasteiger partial charge in [0.1, 0.15) is 17.1 Å². The molecular formula is C21H13F2NO7. The Kier molecular flexibility index (Phi) is 5.56. The van der Waals surface area contributed by atoms with Gasteiger partial charge in [-0.1, -0.05) is 12.1 Å². The minimum Gasteiger partial charge on any atom is -0.507 e. The van der Waals surface area contributed by atoms with E-state index in [0.29, 0.717) is 17.7 Å². The molecule has 0 aliphatic rings. The normalized spacial score (nSPS) is 10.5. The van der Waals surface area contributed by atoms with Crippen LogP contribution in [0.1, 0.15) is 31.1 Å². The fourth-order valence-corrected chi connectivity index (χ4v) is 2.81. The average molecular weight is 429 g/mol. The molecule has 0 atom stereocenters. The van der Waals surface area contributed by atoms with Crippen molar-refractivity contribution in [2.45, 2.75) is 0 Å². The van der Waals surface area contributed by atoms with Gasteiger partial charge in [0.2, 0.25) is 0 Å². The summed E-state index contributed by atoms with van der Waals surface area (Å²) < 4.78 is 26.7. The first kappa shape index (κ1) is 21.2. The van der Waals surface area contributed by atoms with Gasteiger partial charge in [-0.25, -0.2) is 18.4 Å². The number of benzene rings is 3. The highest BCUT2D eigenvalue weighted by Gasteiger charge is 2.23. The molecule has 0 aliphatic heterocycles. The number of hydrogen-bond donors (Lipinski definition) is 5. The Hall–Kier alpha value is -4.47. The SMILES string of the molecule is O=C(O)c1cc(C(=O)Nc2cc(-c3ccc(F)c(F)c3)ccc2O)c(C(=O)O)cc1O. The number of aromatic hydroxyl groups is 2. The Morgan fingerprint density at radius 1 is 0.677 bits per heavy atom. The van der Waals surface area contributed by atoms with E-state index in [2.05, 4.69) is 5.32 Å². The first-order valence-corrected chi connectivity index (χ1v) is 8.52. The number of aromatic carboxylic acids is 2. The molecular weight excluding hydrogens is 416 g/mol. The first-order valence-electron chi connectivity index (χ1n) is 8.52. The quantitative estimate of drug-likeness (QED) is 0.389. The molecule has 3 aromatic carbocycles. The van der Waals surface area contributed by atoms with Gasteiger partial charge in [0.15, 0.2) is 11.6 Å². The maximum atomic E-state index is 13.5. The van der Waals surface area contributed by atoms with Crippen molar-refractivity contribution in [2.75, 3.05) is 5.32 Å². The number of hydrogen-bond acceptors (Lipinski definition) is 5. The molecule has 0 radical (unpaired) electrons. The number of carbonyl (C=O) groups is 3. The fraction of sp³-hybridized carbons (Fsp3) is 0. The summed E-state index contributed by atoms with van der Waals surface area (Å²) in [5, 5.41) is 40.4. The average Bonchev–Trinajstić information content (AvgIpc) is 2.71. The molecule has 3 rings (SSSR count). The van der Waals surface area contributed by atoms with Gasteiger partial charge in [-0.3, -0.25) is 4.79 Å². The number of rotatable bonds is 5. The smallest absolute Gasteiger partial charge is 0.339 e. The number of phenolic OH excluding ortho intramolecular Hbond substituents is 1. The lowest BCUT2D eigenvalue weighted by molar-refractivity contribution is 0.0676. The maximum Gasteiger partial charge on any atom is 0.339 e. The zero-order chi connectivity index (χ0) is 22.9. The monoisotopic (exact) mass is 429 g/mol. The number of carboxylic acids is 2. The molecule has 0 fully saturated rings. The highest BCUT2D eigenvalue weighted by atomic mass is 19.2. The van der Waals surface area contributed by atoms with Crippen molar-refractivity contribution in [1.82, 2.24) is 0 Å². The van der Waals surface area contributed by atoms with Crippen molar-refractivity contribution >= 4 is 23.5 Å². The van der Waals surface area contributed by atoms with Crippen molar-refractivity contribution in [2.24, 2.45) is 0 Å². The molecule has 0 saturated heterocycles. The van der Waals surface area contributed by atoms with Gasteiger partial charge in [0.05, 0.1) is 16.8 Å². The molecule has 0 spiro atoms. The fourth-order valence-electron chi connectivity index (χ4n) is 2.81. The largest absolute Gasteiger partial charge is 0.507 e. The van der Waals surface area contributed by atoms with E-state index >= 15 is 0 Å². The van der Waals surface area contributed by atoms with Crippen LogP contribution >= 0.6 is 0 Å². The van der Waals surface area contributed by atoms with Crippen LogP contribution in [0.25, 0.3) is 11.1 Å². The molecule has 0 heterocycles. The van der Waals surface area contributed by atoms with Crippen molar-refractivity contribution in [3.05, 3.63) is 76.9 Å². The Bertz CT molecular complexity index is 1240. The third-order valence-electron chi connectivity index (χ3n) is 4.34. The second-order valence-electron chi connectivity index (χ2n) is 6.34. The lowest BCUT2D eigenvalue weighted by Gasteiger charge is -2.12. The van der Waals surface area contributed by atoms with E-state index < -0.39 is 57.7 Å². The zero-order valence-corrected chi connectivity index (χ0v) is 15.4. The molecule has 10 heteroatoms. The van der Waals surface area contributed by atoms with E-state index in [1.54, 1.807) is 0 Å². The van der Waals surface area contributed by atoms with Gasteiger partial charge < -0.3 is 25.7 Å². The molecule has 0 saturated carbocycles. The van der Waals surface area contributed by atoms with Gasteiger partial charge in [0, 0.05) is 0 Å². The van der Waals surface area contributed by atoms with Crippen LogP contribution in [0.3, 0.4) is 0 Å². The van der Waals surface area contributed by atoms with E-state index in [0.717, 1.165) is 12.1 Å². The van der Waals surface area contributed by atoms with Crippen LogP contribution in [0.2, 0.25) is 0 Å². The van der Waals surface area contributed by atoms with Crippen molar-refractivity contribution in [3.63, 3.8) is 0 Å². The number of carbonyl (C=O) groups excluding carboxylic acids is 1. The highest BCUT2D eigenvalue weighted by molar-refractivity contribution is 6.13. The van der Waals surface area contributed by atoms with Crippen LogP contribution in [-0.4, -0.2) is 38.3 Å². The van der Waals surface area contributed by atoms with Crippen LogP contribution in [-0.2, 0) is 0 Å². The van der Waals surface area contributed by atoms with E-state index in [9.17, 15) is 38.5 Å². The zero-order valence-electron chi connectivity index (χ0n) is 15.4. The number of amides is 1. The molecule has 0 bridgehead atoms. The standard InChI is InChI=1S/C21H13F2NO7/c22-14-3-1-9(5-15(14)23)10-2-4-17(25)16(6-10)24-19(27)11-7-13(21(30)31)18(26)8-12(11)20(28)29/h1-8,25-26H,(H,24,27)(H,28,29)(H,30,31). The van der Waals surface area contributed by atoms with Crippen LogP contribution in [0.15, 0.2) is 48.5 Å². The van der Waals surface area contributed by atoms with E-state index in [1.165, 1.54) is 24.3 Å². The topological polar surface area (TPSA) is 144 Å². The summed E-state index contributed by atoms with van der Waals surface area (Å²) in [6.07, 6.45) is 0. The first-order chi connectivity index (χ1) is 14.6. The molecule has 0 aromatic heterocycles. The molecule has 3 aromatic rings. The van der Waals surface area contributed by atoms with E-state index in [-0.39, 0.29) is 11.3 Å². The third kappa shape index (κ3) is 4.27. The predicted octanol–water partition coefficient (Wildman–Crippen LogP) is 3.69. The Balaban J connectivity index is 2.02. The Morgan fingerprint density at radius 2 is 1.29 bits per heavy atom. The molecule has 5 N–H and O–H groups in total. The number of nitrogens with one attached hydrogen (secondary N) is 1. The van der Waals surface area contributed by atoms with Crippen LogP contribution in [0.4, 0.5) is 14.5 Å². The molecule has 0 unspecified atom stereocenters. The summed E-state index contributed by atoms with van der Waals surface area (Å²) in [6, 6.07) is 8.18. The third-order valence-corrected chi connectivity index (χ3v) is 4.34. The van der Waals surface area contributed by atoms with Crippen molar-refractivity contribution in [3.8, 4) is 22.6 Å². The molecule has 0 aliphatic carbocycles. The van der Waals surface area contributed by atoms with Crippen LogP contribution in [0.5, 0.6) is 11.5 Å². The number of carboxylic acid groups (broad SMARTS) is 2. The molecule has 158 valence electrons. The van der Waals surface area contributed by atoms with Crippen LogP contribution in [0, 0.1) is 11.6 Å². The lowest BCUT2D eigenvalue weighted by Crippen LogP contribution is -2.18. The number of halogens is 2. The Morgan fingerprint density at radius 3 is 1.90 bits per heavy atom. The van der Waals surface area contributed by atoms with Gasteiger partial charge in [-0.15, -0.1) is 0 Å². The van der Waals surface area contributed by atoms with Gasteiger partial charge in [-0.2, -0.15) is 0 Å².